The molecule has 1 aliphatic heterocycles. The van der Waals surface area contributed by atoms with Gasteiger partial charge in [-0.25, -0.2) is 0 Å². The fourth-order valence-corrected chi connectivity index (χ4v) is 3.52. The van der Waals surface area contributed by atoms with E-state index in [1.807, 2.05) is 6.07 Å². The van der Waals surface area contributed by atoms with Crippen LogP contribution in [0.15, 0.2) is 22.8 Å². The molecule has 1 saturated heterocycles. The van der Waals surface area contributed by atoms with E-state index in [0.717, 1.165) is 42.8 Å². The van der Waals surface area contributed by atoms with E-state index in [1.54, 1.807) is 6.26 Å². The highest BCUT2D eigenvalue weighted by Crippen LogP contribution is 2.25. The van der Waals surface area contributed by atoms with Gasteiger partial charge >= 0.3 is 0 Å². The fraction of sp³-hybridized carbons (Fsp3) is 0.571. The molecule has 1 aliphatic rings. The average molecular weight is 358 g/mol. The number of benzene rings is 1. The number of hydrogen-bond acceptors (Lipinski definition) is 4. The van der Waals surface area contributed by atoms with Crippen molar-refractivity contribution in [2.24, 2.45) is 5.92 Å². The highest BCUT2D eigenvalue weighted by molar-refractivity contribution is 5.88. The Balaban J connectivity index is 1.54. The first kappa shape index (κ1) is 18.9. The number of aryl methyl sites for hydroxylation is 2. The van der Waals surface area contributed by atoms with Crippen molar-refractivity contribution >= 4 is 16.9 Å². The zero-order valence-electron chi connectivity index (χ0n) is 16.3. The van der Waals surface area contributed by atoms with E-state index < -0.39 is 0 Å². The van der Waals surface area contributed by atoms with E-state index in [4.69, 9.17) is 9.15 Å². The van der Waals surface area contributed by atoms with Gasteiger partial charge in [0, 0.05) is 37.1 Å². The molecule has 0 saturated carbocycles. The summed E-state index contributed by atoms with van der Waals surface area (Å²) in [6.45, 7) is 12.8. The van der Waals surface area contributed by atoms with Crippen LogP contribution in [0.5, 0.6) is 0 Å². The van der Waals surface area contributed by atoms with Gasteiger partial charge in [-0.05, 0) is 43.0 Å². The molecule has 0 aliphatic carbocycles. The summed E-state index contributed by atoms with van der Waals surface area (Å²) < 4.78 is 11.4. The quantitative estimate of drug-likeness (QED) is 0.862. The van der Waals surface area contributed by atoms with Crippen molar-refractivity contribution < 1.29 is 13.9 Å². The zero-order valence-corrected chi connectivity index (χ0v) is 16.3. The predicted octanol–water partition coefficient (Wildman–Crippen LogP) is 3.07. The zero-order chi connectivity index (χ0) is 18.7. The van der Waals surface area contributed by atoms with Gasteiger partial charge in [0.15, 0.2) is 0 Å². The molecule has 142 valence electrons. The molecule has 26 heavy (non-hydrogen) atoms. The maximum absolute atomic E-state index is 12.4. The standard InChI is InChI=1S/C21H30N2O3/c1-14(2)11-23-5-6-25-18(12-23)10-22-21(24)9-17-13-26-20-8-16(4)15(3)7-19(17)20/h7-8,13-14,18H,5-6,9-12H2,1-4H3,(H,22,24). The summed E-state index contributed by atoms with van der Waals surface area (Å²) in [5.74, 6) is 0.653. The van der Waals surface area contributed by atoms with Crippen LogP contribution in [-0.2, 0) is 16.0 Å². The molecule has 0 radical (unpaired) electrons. The predicted molar refractivity (Wildman–Crippen MR) is 103 cm³/mol. The molecular formula is C21H30N2O3. The van der Waals surface area contributed by atoms with Crippen LogP contribution >= 0.6 is 0 Å². The van der Waals surface area contributed by atoms with Gasteiger partial charge in [0.05, 0.1) is 25.4 Å². The molecular weight excluding hydrogens is 328 g/mol. The van der Waals surface area contributed by atoms with Crippen molar-refractivity contribution in [2.75, 3.05) is 32.8 Å². The maximum Gasteiger partial charge on any atom is 0.224 e. The van der Waals surface area contributed by atoms with E-state index in [1.165, 1.54) is 11.1 Å². The number of carbonyl (C=O) groups is 1. The number of carbonyl (C=O) groups excluding carboxylic acids is 1. The van der Waals surface area contributed by atoms with Crippen molar-refractivity contribution in [1.29, 1.82) is 0 Å². The minimum atomic E-state index is 0.00973. The van der Waals surface area contributed by atoms with Gasteiger partial charge in [-0.1, -0.05) is 13.8 Å². The van der Waals surface area contributed by atoms with Gasteiger partial charge in [0.25, 0.3) is 0 Å². The Morgan fingerprint density at radius 1 is 1.31 bits per heavy atom. The van der Waals surface area contributed by atoms with Crippen LogP contribution in [-0.4, -0.2) is 49.7 Å². The number of furan rings is 1. The van der Waals surface area contributed by atoms with Crippen LogP contribution in [0.1, 0.15) is 30.5 Å². The molecule has 1 atom stereocenters. The SMILES string of the molecule is Cc1cc2occ(CC(=O)NCC3CN(CC(C)C)CCO3)c2cc1C. The van der Waals surface area contributed by atoms with Crippen molar-refractivity contribution in [3.8, 4) is 0 Å². The molecule has 5 heteroatoms. The van der Waals surface area contributed by atoms with Crippen LogP contribution in [0, 0.1) is 19.8 Å². The third-order valence-electron chi connectivity index (χ3n) is 4.99. The minimum Gasteiger partial charge on any atom is -0.464 e. The number of nitrogens with one attached hydrogen (secondary N) is 1. The Hall–Kier alpha value is -1.85. The second-order valence-electron chi connectivity index (χ2n) is 7.82. The summed E-state index contributed by atoms with van der Waals surface area (Å²) in [4.78, 5) is 14.8. The molecule has 1 amide bonds. The lowest BCUT2D eigenvalue weighted by Crippen LogP contribution is -2.48. The Labute approximate surface area is 155 Å². The second kappa shape index (κ2) is 8.23. The van der Waals surface area contributed by atoms with Crippen molar-refractivity contribution in [1.82, 2.24) is 10.2 Å². The van der Waals surface area contributed by atoms with Crippen LogP contribution in [0.2, 0.25) is 0 Å². The lowest BCUT2D eigenvalue weighted by atomic mass is 10.0. The van der Waals surface area contributed by atoms with Crippen LogP contribution in [0.3, 0.4) is 0 Å². The molecule has 1 fully saturated rings. The molecule has 1 aromatic carbocycles. The first-order valence-corrected chi connectivity index (χ1v) is 9.50. The van der Waals surface area contributed by atoms with Gasteiger partial charge in [-0.15, -0.1) is 0 Å². The lowest BCUT2D eigenvalue weighted by molar-refractivity contribution is -0.121. The number of rotatable bonds is 6. The lowest BCUT2D eigenvalue weighted by Gasteiger charge is -2.33. The Bertz CT molecular complexity index is 766. The van der Waals surface area contributed by atoms with E-state index in [-0.39, 0.29) is 12.0 Å². The normalized spacial score (nSPS) is 18.6. The summed E-state index contributed by atoms with van der Waals surface area (Å²) in [6, 6.07) is 4.13. The molecule has 0 bridgehead atoms. The highest BCUT2D eigenvalue weighted by atomic mass is 16.5. The van der Waals surface area contributed by atoms with Crippen LogP contribution in [0.4, 0.5) is 0 Å². The van der Waals surface area contributed by atoms with Gasteiger partial charge in [-0.3, -0.25) is 9.69 Å². The van der Waals surface area contributed by atoms with Crippen molar-refractivity contribution in [2.45, 2.75) is 40.2 Å². The van der Waals surface area contributed by atoms with Gasteiger partial charge in [0.2, 0.25) is 5.91 Å². The number of ether oxygens (including phenoxy) is 1. The van der Waals surface area contributed by atoms with E-state index in [9.17, 15) is 4.79 Å². The molecule has 1 unspecified atom stereocenters. The number of morpholine rings is 1. The minimum absolute atomic E-state index is 0.00973. The third kappa shape index (κ3) is 4.65. The number of nitrogens with zero attached hydrogens (tertiary/aromatic N) is 1. The fourth-order valence-electron chi connectivity index (χ4n) is 3.52. The largest absolute Gasteiger partial charge is 0.464 e. The smallest absolute Gasteiger partial charge is 0.224 e. The van der Waals surface area contributed by atoms with Crippen LogP contribution in [0.25, 0.3) is 11.0 Å². The summed E-state index contributed by atoms with van der Waals surface area (Å²) in [5.41, 5.74) is 4.19. The molecule has 3 rings (SSSR count). The Morgan fingerprint density at radius 3 is 2.85 bits per heavy atom. The van der Waals surface area contributed by atoms with Crippen molar-refractivity contribution in [3.05, 3.63) is 35.1 Å². The number of fused-ring (bicyclic) bond motifs is 1. The van der Waals surface area contributed by atoms with Gasteiger partial charge in [0.1, 0.15) is 5.58 Å². The first-order valence-electron chi connectivity index (χ1n) is 9.50. The van der Waals surface area contributed by atoms with Crippen LogP contribution < -0.4 is 5.32 Å². The summed E-state index contributed by atoms with van der Waals surface area (Å²) >= 11 is 0. The van der Waals surface area contributed by atoms with Gasteiger partial charge in [-0.2, -0.15) is 0 Å². The van der Waals surface area contributed by atoms with Gasteiger partial charge < -0.3 is 14.5 Å². The third-order valence-corrected chi connectivity index (χ3v) is 4.99. The summed E-state index contributed by atoms with van der Waals surface area (Å²) in [6.07, 6.45) is 2.10. The number of hydrogen-bond donors (Lipinski definition) is 1. The van der Waals surface area contributed by atoms with Crippen molar-refractivity contribution in [3.63, 3.8) is 0 Å². The molecule has 2 aromatic rings. The van der Waals surface area contributed by atoms with E-state index in [2.05, 4.69) is 44.0 Å². The topological polar surface area (TPSA) is 54.7 Å². The Morgan fingerprint density at radius 2 is 2.08 bits per heavy atom. The number of amides is 1. The van der Waals surface area contributed by atoms with E-state index in [0.29, 0.717) is 18.9 Å². The average Bonchev–Trinajstić information content (AvgIpc) is 2.95. The molecule has 5 nitrogen and oxygen atoms in total. The molecule has 0 spiro atoms. The second-order valence-corrected chi connectivity index (χ2v) is 7.82. The Kier molecular flexibility index (Phi) is 5.99. The monoisotopic (exact) mass is 358 g/mol. The highest BCUT2D eigenvalue weighted by Gasteiger charge is 2.21. The molecule has 1 N–H and O–H groups in total. The molecule has 1 aromatic heterocycles. The van der Waals surface area contributed by atoms with E-state index >= 15 is 0 Å². The summed E-state index contributed by atoms with van der Waals surface area (Å²) in [7, 11) is 0. The first-order chi connectivity index (χ1) is 12.4. The molecule has 2 heterocycles. The summed E-state index contributed by atoms with van der Waals surface area (Å²) in [5, 5.41) is 4.05. The maximum atomic E-state index is 12.4.